The molecule has 1 atom stereocenters. The Kier molecular flexibility index (Phi) is 4.92. The van der Waals surface area contributed by atoms with E-state index in [2.05, 4.69) is 38.1 Å². The lowest BCUT2D eigenvalue weighted by atomic mass is 9.59. The Balaban J connectivity index is 2.26. The molecule has 19 heavy (non-hydrogen) atoms. The van der Waals surface area contributed by atoms with Crippen LogP contribution in [0.5, 0.6) is 0 Å². The first-order valence-corrected chi connectivity index (χ1v) is 7.90. The van der Waals surface area contributed by atoms with E-state index in [1.54, 1.807) is 0 Å². The first-order chi connectivity index (χ1) is 9.10. The van der Waals surface area contributed by atoms with Crippen molar-refractivity contribution in [2.24, 2.45) is 0 Å². The van der Waals surface area contributed by atoms with E-state index < -0.39 is 0 Å². The third-order valence-electron chi connectivity index (χ3n) is 4.76. The van der Waals surface area contributed by atoms with E-state index in [-0.39, 0.29) is 0 Å². The summed E-state index contributed by atoms with van der Waals surface area (Å²) in [7, 11) is 4.46. The van der Waals surface area contributed by atoms with Crippen LogP contribution >= 0.6 is 11.6 Å². The van der Waals surface area contributed by atoms with E-state index in [9.17, 15) is 0 Å². The minimum Gasteiger partial charge on any atom is -0.306 e. The van der Waals surface area contributed by atoms with E-state index in [1.807, 2.05) is 12.1 Å². The van der Waals surface area contributed by atoms with Gasteiger partial charge in [0.1, 0.15) is 0 Å². The number of hydrogen-bond acceptors (Lipinski definition) is 1. The third kappa shape index (κ3) is 2.98. The Labute approximate surface area is 123 Å². The van der Waals surface area contributed by atoms with Gasteiger partial charge in [-0.25, -0.2) is 0 Å². The fourth-order valence-electron chi connectivity index (χ4n) is 3.58. The van der Waals surface area contributed by atoms with E-state index >= 15 is 0 Å². The van der Waals surface area contributed by atoms with Crippen molar-refractivity contribution in [1.29, 1.82) is 0 Å². The van der Waals surface area contributed by atoms with Crippen LogP contribution in [0.25, 0.3) is 0 Å². The van der Waals surface area contributed by atoms with Gasteiger partial charge in [0.2, 0.25) is 0 Å². The lowest BCUT2D eigenvalue weighted by molar-refractivity contribution is 0.0884. The highest BCUT2D eigenvalue weighted by Gasteiger charge is 2.45. The third-order valence-corrected chi connectivity index (χ3v) is 5.01. The van der Waals surface area contributed by atoms with Gasteiger partial charge in [0.15, 0.2) is 0 Å². The molecule has 1 aromatic carbocycles. The average Bonchev–Trinajstić information content (AvgIpc) is 2.33. The molecule has 106 valence electrons. The minimum atomic E-state index is 0.364. The fraction of sp³-hybridized carbons (Fsp3) is 0.647. The quantitative estimate of drug-likeness (QED) is 0.717. The molecule has 2 rings (SSSR count). The minimum absolute atomic E-state index is 0.364. The molecule has 0 aromatic heterocycles. The van der Waals surface area contributed by atoms with Gasteiger partial charge in [0, 0.05) is 16.5 Å². The predicted octanol–water partition coefficient (Wildman–Crippen LogP) is 4.88. The van der Waals surface area contributed by atoms with Crippen molar-refractivity contribution in [3.05, 3.63) is 34.9 Å². The molecule has 0 spiro atoms. The molecule has 1 fully saturated rings. The Morgan fingerprint density at radius 1 is 1.21 bits per heavy atom. The summed E-state index contributed by atoms with van der Waals surface area (Å²) in [6, 6.07) is 9.23. The smallest absolute Gasteiger partial charge is 0.0406 e. The van der Waals surface area contributed by atoms with Crippen molar-refractivity contribution < 1.29 is 0 Å². The van der Waals surface area contributed by atoms with Gasteiger partial charge in [-0.2, -0.15) is 0 Å². The van der Waals surface area contributed by atoms with Crippen molar-refractivity contribution in [3.63, 3.8) is 0 Å². The second-order valence-electron chi connectivity index (χ2n) is 6.14. The van der Waals surface area contributed by atoms with E-state index in [0.717, 1.165) is 5.02 Å². The molecule has 1 aliphatic rings. The lowest BCUT2D eigenvalue weighted by Gasteiger charge is -2.51. The second kappa shape index (κ2) is 6.28. The zero-order valence-electron chi connectivity index (χ0n) is 12.5. The molecule has 0 amide bonds. The molecule has 0 heterocycles. The van der Waals surface area contributed by atoms with E-state index in [1.165, 1.54) is 44.1 Å². The van der Waals surface area contributed by atoms with Crippen molar-refractivity contribution in [3.8, 4) is 0 Å². The average molecular weight is 280 g/mol. The number of likely N-dealkylation sites (N-methyl/N-ethyl adjacent to an activating group) is 1. The van der Waals surface area contributed by atoms with Crippen LogP contribution in [0.3, 0.4) is 0 Å². The van der Waals surface area contributed by atoms with Gasteiger partial charge in [0.05, 0.1) is 0 Å². The maximum atomic E-state index is 6.04. The summed E-state index contributed by atoms with van der Waals surface area (Å²) in [4.78, 5) is 2.43. The molecule has 1 nitrogen and oxygen atoms in total. The predicted molar refractivity (Wildman–Crippen MR) is 84.0 cm³/mol. The maximum absolute atomic E-state index is 6.04. The van der Waals surface area contributed by atoms with Crippen LogP contribution in [0, 0.1) is 0 Å². The summed E-state index contributed by atoms with van der Waals surface area (Å²) in [5, 5.41) is 0.841. The van der Waals surface area contributed by atoms with Crippen molar-refractivity contribution in [2.45, 2.75) is 56.9 Å². The van der Waals surface area contributed by atoms with Crippen LogP contribution < -0.4 is 0 Å². The van der Waals surface area contributed by atoms with Crippen molar-refractivity contribution in [1.82, 2.24) is 4.90 Å². The molecule has 1 unspecified atom stereocenters. The number of rotatable bonds is 6. The first kappa shape index (κ1) is 14.9. The number of halogens is 1. The number of hydrogen-bond donors (Lipinski definition) is 0. The summed E-state index contributed by atoms with van der Waals surface area (Å²) < 4.78 is 0. The van der Waals surface area contributed by atoms with Gasteiger partial charge in [-0.15, -0.1) is 0 Å². The van der Waals surface area contributed by atoms with Crippen LogP contribution in [-0.4, -0.2) is 25.0 Å². The molecule has 0 bridgehead atoms. The molecule has 1 aromatic rings. The highest BCUT2D eigenvalue weighted by molar-refractivity contribution is 6.30. The van der Waals surface area contributed by atoms with Crippen LogP contribution in [0.2, 0.25) is 5.02 Å². The van der Waals surface area contributed by atoms with Gasteiger partial charge in [-0.05, 0) is 51.1 Å². The second-order valence-corrected chi connectivity index (χ2v) is 6.57. The Bertz CT molecular complexity index is 392. The summed E-state index contributed by atoms with van der Waals surface area (Å²) in [5.41, 5.74) is 1.85. The molecule has 1 aliphatic carbocycles. The van der Waals surface area contributed by atoms with Gasteiger partial charge in [-0.1, -0.05) is 49.9 Å². The van der Waals surface area contributed by atoms with Gasteiger partial charge in [0.25, 0.3) is 0 Å². The van der Waals surface area contributed by atoms with Crippen LogP contribution in [0.4, 0.5) is 0 Å². The van der Waals surface area contributed by atoms with Crippen LogP contribution in [0.15, 0.2) is 24.3 Å². The highest BCUT2D eigenvalue weighted by atomic mass is 35.5. The number of nitrogens with zero attached hydrogens (tertiary/aromatic N) is 1. The van der Waals surface area contributed by atoms with Crippen LogP contribution in [0.1, 0.15) is 51.0 Å². The maximum Gasteiger partial charge on any atom is 0.0406 e. The van der Waals surface area contributed by atoms with E-state index in [0.29, 0.717) is 11.5 Å². The molecule has 0 N–H and O–H groups in total. The topological polar surface area (TPSA) is 3.24 Å². The molecule has 0 radical (unpaired) electrons. The molecule has 1 saturated carbocycles. The standard InChI is InChI=1S/C17H26ClN/c1-4-5-7-16(19(2)3)17(12-6-13-17)14-8-10-15(18)11-9-14/h8-11,16H,4-7,12-13H2,1-3H3. The van der Waals surface area contributed by atoms with Crippen LogP contribution in [-0.2, 0) is 5.41 Å². The van der Waals surface area contributed by atoms with Gasteiger partial charge < -0.3 is 4.90 Å². The zero-order valence-corrected chi connectivity index (χ0v) is 13.2. The molecule has 0 aliphatic heterocycles. The van der Waals surface area contributed by atoms with Gasteiger partial charge in [-0.3, -0.25) is 0 Å². The summed E-state index contributed by atoms with van der Waals surface area (Å²) in [6.07, 6.45) is 7.90. The molecular weight excluding hydrogens is 254 g/mol. The number of unbranched alkanes of at least 4 members (excludes halogenated alkanes) is 1. The Morgan fingerprint density at radius 3 is 2.26 bits per heavy atom. The van der Waals surface area contributed by atoms with Gasteiger partial charge >= 0.3 is 0 Å². The number of benzene rings is 1. The monoisotopic (exact) mass is 279 g/mol. The fourth-order valence-corrected chi connectivity index (χ4v) is 3.71. The highest BCUT2D eigenvalue weighted by Crippen LogP contribution is 2.49. The Morgan fingerprint density at radius 2 is 1.84 bits per heavy atom. The lowest BCUT2D eigenvalue weighted by Crippen LogP contribution is -2.52. The summed E-state index contributed by atoms with van der Waals surface area (Å²) in [6.45, 7) is 2.28. The van der Waals surface area contributed by atoms with Crippen molar-refractivity contribution >= 4 is 11.6 Å². The first-order valence-electron chi connectivity index (χ1n) is 7.52. The molecule has 2 heteroatoms. The van der Waals surface area contributed by atoms with E-state index in [4.69, 9.17) is 11.6 Å². The largest absolute Gasteiger partial charge is 0.306 e. The SMILES string of the molecule is CCCCC(N(C)C)C1(c2ccc(Cl)cc2)CCC1. The summed E-state index contributed by atoms with van der Waals surface area (Å²) >= 11 is 6.04. The summed E-state index contributed by atoms with van der Waals surface area (Å²) in [5.74, 6) is 0. The molecular formula is C17H26ClN. The Hall–Kier alpha value is -0.530. The molecule has 0 saturated heterocycles. The zero-order chi connectivity index (χ0) is 13.9. The normalized spacial score (nSPS) is 19.2. The van der Waals surface area contributed by atoms with Crippen molar-refractivity contribution in [2.75, 3.05) is 14.1 Å².